The predicted molar refractivity (Wildman–Crippen MR) is 181 cm³/mol. The fourth-order valence-electron chi connectivity index (χ4n) is 10.1. The highest BCUT2D eigenvalue weighted by atomic mass is 16.6. The maximum Gasteiger partial charge on any atom is 0.375 e. The summed E-state index contributed by atoms with van der Waals surface area (Å²) in [5, 5.41) is 20.1. The van der Waals surface area contributed by atoms with Gasteiger partial charge in [0, 0.05) is 17.6 Å². The second kappa shape index (κ2) is 11.2. The molecule has 6 unspecified atom stereocenters. The Morgan fingerprint density at radius 2 is 1.94 bits per heavy atom. The third kappa shape index (κ3) is 4.58. The quantitative estimate of drug-likeness (QED) is 0.170. The van der Waals surface area contributed by atoms with E-state index in [4.69, 9.17) is 20.0 Å². The molecular formula is C39H42N4O5. The van der Waals surface area contributed by atoms with E-state index in [2.05, 4.69) is 25.2 Å². The van der Waals surface area contributed by atoms with Crippen molar-refractivity contribution in [3.63, 3.8) is 0 Å². The van der Waals surface area contributed by atoms with E-state index in [0.29, 0.717) is 25.1 Å². The number of aliphatic hydroxyl groups is 1. The molecule has 1 amide bonds. The van der Waals surface area contributed by atoms with Crippen molar-refractivity contribution in [2.75, 3.05) is 5.73 Å². The number of allylic oxidation sites excluding steroid dienone is 1. The second-order valence-corrected chi connectivity index (χ2v) is 14.8. The van der Waals surface area contributed by atoms with Crippen LogP contribution in [0.3, 0.4) is 0 Å². The van der Waals surface area contributed by atoms with Crippen molar-refractivity contribution in [1.29, 1.82) is 0 Å². The highest BCUT2D eigenvalue weighted by Gasteiger charge is 2.71. The summed E-state index contributed by atoms with van der Waals surface area (Å²) in [6.07, 6.45) is 8.97. The van der Waals surface area contributed by atoms with Crippen LogP contribution in [-0.2, 0) is 22.5 Å². The molecule has 4 aromatic rings. The van der Waals surface area contributed by atoms with Gasteiger partial charge in [0.25, 0.3) is 5.91 Å². The average Bonchev–Trinajstić information content (AvgIpc) is 3.81. The standard InChI is InChI=1S/C39H42N4O5/c1-37-20-25-23-42-43(28-11-6-10-27(40)19-28)31(25)18-26(37)13-14-29-30-15-16-39(38(30,2)21-32(44)34(29)37,48-35(45)33-12-7-17-47-33)36(46)41-22-24-8-4-3-5-9-24/h3-12,17-19,23,29-30,32,34,44H,13-16,20-22,40H2,1-2H3,(H,41,46)/t29?,30?,32?,34?,37?,38?,39-/m0/s1. The van der Waals surface area contributed by atoms with Gasteiger partial charge in [-0.1, -0.05) is 55.8 Å². The summed E-state index contributed by atoms with van der Waals surface area (Å²) in [5.74, 6) is -0.705. The molecule has 48 heavy (non-hydrogen) atoms. The number of carbonyl (C=O) groups excluding carboxylic acids is 2. The van der Waals surface area contributed by atoms with Crippen LogP contribution in [0.5, 0.6) is 0 Å². The number of rotatable bonds is 6. The number of aliphatic hydroxyl groups excluding tert-OH is 1. The molecule has 0 spiro atoms. The lowest BCUT2D eigenvalue weighted by molar-refractivity contribution is -0.182. The lowest BCUT2D eigenvalue weighted by atomic mass is 9.45. The third-order valence-electron chi connectivity index (χ3n) is 12.3. The lowest BCUT2D eigenvalue weighted by Crippen LogP contribution is -2.64. The van der Waals surface area contributed by atoms with Crippen LogP contribution in [0.15, 0.2) is 89.2 Å². The van der Waals surface area contributed by atoms with Crippen LogP contribution in [0.4, 0.5) is 5.69 Å². The number of nitrogens with zero attached hydrogens (tertiary/aromatic N) is 2. The molecule has 8 rings (SSSR count). The van der Waals surface area contributed by atoms with E-state index in [9.17, 15) is 14.7 Å². The number of furan rings is 1. The summed E-state index contributed by atoms with van der Waals surface area (Å²) in [6, 6.07) is 20.7. The van der Waals surface area contributed by atoms with Crippen LogP contribution in [0, 0.1) is 28.6 Å². The number of anilines is 1. The monoisotopic (exact) mass is 646 g/mol. The molecule has 248 valence electrons. The Labute approximate surface area is 280 Å². The minimum atomic E-state index is -1.46. The molecule has 9 nitrogen and oxygen atoms in total. The maximum absolute atomic E-state index is 14.4. The summed E-state index contributed by atoms with van der Waals surface area (Å²) in [6.45, 7) is 4.67. The summed E-state index contributed by atoms with van der Waals surface area (Å²) in [7, 11) is 0. The molecule has 2 aromatic carbocycles. The van der Waals surface area contributed by atoms with Gasteiger partial charge in [-0.3, -0.25) is 4.79 Å². The van der Waals surface area contributed by atoms with Gasteiger partial charge < -0.3 is 25.3 Å². The van der Waals surface area contributed by atoms with Gasteiger partial charge in [0.05, 0.1) is 29.9 Å². The van der Waals surface area contributed by atoms with Gasteiger partial charge in [0.2, 0.25) is 5.76 Å². The minimum absolute atomic E-state index is 0.0107. The Kier molecular flexibility index (Phi) is 7.18. The fraction of sp³-hybridized carbons (Fsp3) is 0.410. The predicted octanol–water partition coefficient (Wildman–Crippen LogP) is 6.11. The van der Waals surface area contributed by atoms with Crippen molar-refractivity contribution in [3.05, 3.63) is 107 Å². The van der Waals surface area contributed by atoms with Crippen molar-refractivity contribution in [3.8, 4) is 5.69 Å². The molecule has 0 radical (unpaired) electrons. The van der Waals surface area contributed by atoms with Gasteiger partial charge in [-0.05, 0) is 109 Å². The van der Waals surface area contributed by atoms with E-state index in [1.165, 1.54) is 11.8 Å². The van der Waals surface area contributed by atoms with E-state index in [0.717, 1.165) is 48.2 Å². The number of amides is 1. The average molecular weight is 647 g/mol. The highest BCUT2D eigenvalue weighted by Crippen LogP contribution is 2.68. The number of nitrogen functional groups attached to an aromatic ring is 1. The first kappa shape index (κ1) is 30.7. The largest absolute Gasteiger partial charge is 0.457 e. The van der Waals surface area contributed by atoms with E-state index < -0.39 is 23.1 Å². The molecule has 2 aromatic heterocycles. The Bertz CT molecular complexity index is 1900. The van der Waals surface area contributed by atoms with Crippen molar-refractivity contribution >= 4 is 23.6 Å². The molecule has 4 aliphatic carbocycles. The Morgan fingerprint density at radius 1 is 1.10 bits per heavy atom. The first-order chi connectivity index (χ1) is 23.1. The number of hydrogen-bond acceptors (Lipinski definition) is 7. The Hall–Kier alpha value is -4.63. The van der Waals surface area contributed by atoms with E-state index in [1.54, 1.807) is 12.1 Å². The van der Waals surface area contributed by atoms with Gasteiger partial charge in [0.1, 0.15) is 0 Å². The van der Waals surface area contributed by atoms with Crippen LogP contribution in [0.1, 0.15) is 73.3 Å². The molecule has 3 saturated carbocycles. The number of nitrogens with two attached hydrogens (primary N) is 1. The van der Waals surface area contributed by atoms with Gasteiger partial charge >= 0.3 is 5.97 Å². The molecule has 0 aliphatic heterocycles. The topological polar surface area (TPSA) is 133 Å². The van der Waals surface area contributed by atoms with E-state index in [-0.39, 0.29) is 34.8 Å². The Balaban J connectivity index is 1.12. The van der Waals surface area contributed by atoms with E-state index in [1.807, 2.05) is 65.5 Å². The normalized spacial score (nSPS) is 31.9. The molecule has 0 bridgehead atoms. The van der Waals surface area contributed by atoms with Gasteiger partial charge in [-0.25, -0.2) is 9.48 Å². The van der Waals surface area contributed by atoms with Crippen molar-refractivity contribution in [2.24, 2.45) is 28.6 Å². The SMILES string of the molecule is CC12Cc3cnn(-c4cccc(N)c4)c3C=C1CCC1C2C(O)CC2(C)C1CC[C@]2(OC(=O)c1ccco1)C(=O)NCc1ccccc1. The molecule has 0 saturated heterocycles. The van der Waals surface area contributed by atoms with Crippen molar-refractivity contribution < 1.29 is 23.8 Å². The molecule has 9 heteroatoms. The molecular weight excluding hydrogens is 604 g/mol. The third-order valence-corrected chi connectivity index (χ3v) is 12.3. The molecule has 4 aliphatic rings. The van der Waals surface area contributed by atoms with Gasteiger partial charge in [-0.15, -0.1) is 0 Å². The number of aromatic nitrogens is 2. The summed E-state index contributed by atoms with van der Waals surface area (Å²) in [4.78, 5) is 27.9. The molecule has 2 heterocycles. The number of fused-ring (bicyclic) bond motifs is 6. The van der Waals surface area contributed by atoms with Crippen LogP contribution in [-0.4, -0.2) is 38.5 Å². The first-order valence-corrected chi connectivity index (χ1v) is 17.0. The molecule has 7 atom stereocenters. The first-order valence-electron chi connectivity index (χ1n) is 17.0. The molecule has 3 fully saturated rings. The van der Waals surface area contributed by atoms with Gasteiger partial charge in [0.15, 0.2) is 5.60 Å². The van der Waals surface area contributed by atoms with Crippen LogP contribution in [0.2, 0.25) is 0 Å². The van der Waals surface area contributed by atoms with Crippen molar-refractivity contribution in [2.45, 2.75) is 70.6 Å². The maximum atomic E-state index is 14.4. The fourth-order valence-corrected chi connectivity index (χ4v) is 10.1. The zero-order chi connectivity index (χ0) is 33.3. The van der Waals surface area contributed by atoms with Crippen LogP contribution < -0.4 is 11.1 Å². The highest BCUT2D eigenvalue weighted by molar-refractivity contribution is 5.93. The number of hydrogen-bond donors (Lipinski definition) is 3. The minimum Gasteiger partial charge on any atom is -0.457 e. The number of ether oxygens (including phenoxy) is 1. The summed E-state index contributed by atoms with van der Waals surface area (Å²) < 4.78 is 13.7. The van der Waals surface area contributed by atoms with E-state index >= 15 is 0 Å². The zero-order valence-electron chi connectivity index (χ0n) is 27.4. The number of benzene rings is 2. The van der Waals surface area contributed by atoms with Crippen molar-refractivity contribution in [1.82, 2.24) is 15.1 Å². The van der Waals surface area contributed by atoms with Crippen LogP contribution in [0.25, 0.3) is 11.8 Å². The zero-order valence-corrected chi connectivity index (χ0v) is 27.4. The van der Waals surface area contributed by atoms with Gasteiger partial charge in [-0.2, -0.15) is 5.10 Å². The number of carbonyl (C=O) groups is 2. The van der Waals surface area contributed by atoms with Crippen LogP contribution >= 0.6 is 0 Å². The smallest absolute Gasteiger partial charge is 0.375 e. The summed E-state index contributed by atoms with van der Waals surface area (Å²) >= 11 is 0. The second-order valence-electron chi connectivity index (χ2n) is 14.8. The number of esters is 1. The Morgan fingerprint density at radius 3 is 2.71 bits per heavy atom. The lowest BCUT2D eigenvalue weighted by Gasteiger charge is -2.60. The molecule has 4 N–H and O–H groups in total. The summed E-state index contributed by atoms with van der Waals surface area (Å²) in [5.41, 5.74) is 9.71. The number of nitrogens with one attached hydrogen (secondary N) is 1.